The molecule has 5 rings (SSSR count). The fraction of sp³-hybridized carbons (Fsp3) is 0.591. The van der Waals surface area contributed by atoms with Gasteiger partial charge in [-0.05, 0) is 55.9 Å². The van der Waals surface area contributed by atoms with E-state index in [1.54, 1.807) is 0 Å². The van der Waals surface area contributed by atoms with E-state index in [0.29, 0.717) is 0 Å². The summed E-state index contributed by atoms with van der Waals surface area (Å²) in [7, 11) is 0. The van der Waals surface area contributed by atoms with Crippen LogP contribution in [0.3, 0.4) is 0 Å². The minimum atomic E-state index is 0.213. The number of nitrogens with one attached hydrogen (secondary N) is 1. The summed E-state index contributed by atoms with van der Waals surface area (Å²) >= 11 is 0. The summed E-state index contributed by atoms with van der Waals surface area (Å²) in [6.45, 7) is 4.04. The summed E-state index contributed by atoms with van der Waals surface area (Å²) in [5, 5.41) is 1.27. The Hall–Kier alpha value is -1.81. The van der Waals surface area contributed by atoms with Crippen molar-refractivity contribution in [3.05, 3.63) is 35.0 Å². The van der Waals surface area contributed by atoms with E-state index in [2.05, 4.69) is 22.0 Å². The van der Waals surface area contributed by atoms with E-state index in [1.807, 2.05) is 11.0 Å². The van der Waals surface area contributed by atoms with Gasteiger partial charge in [0.1, 0.15) is 0 Å². The van der Waals surface area contributed by atoms with Gasteiger partial charge in [0.25, 0.3) is 5.91 Å². The van der Waals surface area contributed by atoms with Gasteiger partial charge < -0.3 is 9.88 Å². The van der Waals surface area contributed by atoms with Crippen molar-refractivity contribution in [2.24, 2.45) is 0 Å². The van der Waals surface area contributed by atoms with Gasteiger partial charge in [0.2, 0.25) is 0 Å². The lowest BCUT2D eigenvalue weighted by Crippen LogP contribution is -2.37. The Kier molecular flexibility index (Phi) is 4.24. The van der Waals surface area contributed by atoms with Crippen molar-refractivity contribution in [2.45, 2.75) is 64.0 Å². The van der Waals surface area contributed by atoms with Crippen LogP contribution < -0.4 is 0 Å². The van der Waals surface area contributed by atoms with E-state index >= 15 is 0 Å². The third kappa shape index (κ3) is 2.84. The molecule has 1 saturated carbocycles. The number of aromatic amines is 1. The molecule has 2 fully saturated rings. The van der Waals surface area contributed by atoms with Crippen LogP contribution in [0.1, 0.15) is 66.6 Å². The van der Waals surface area contributed by atoms with Gasteiger partial charge in [-0.3, -0.25) is 9.69 Å². The maximum absolute atomic E-state index is 12.9. The molecule has 4 heteroatoms. The van der Waals surface area contributed by atoms with Crippen LogP contribution in [-0.2, 0) is 13.0 Å². The molecule has 2 aliphatic heterocycles. The highest BCUT2D eigenvalue weighted by Crippen LogP contribution is 2.33. The lowest BCUT2D eigenvalue weighted by Gasteiger charge is -2.32. The summed E-state index contributed by atoms with van der Waals surface area (Å²) in [6.07, 6.45) is 10.1. The first-order chi connectivity index (χ1) is 12.8. The number of benzene rings is 1. The van der Waals surface area contributed by atoms with E-state index < -0.39 is 0 Å². The third-order valence-corrected chi connectivity index (χ3v) is 6.74. The highest BCUT2D eigenvalue weighted by molar-refractivity contribution is 5.99. The van der Waals surface area contributed by atoms with E-state index in [-0.39, 0.29) is 5.91 Å². The second kappa shape index (κ2) is 6.73. The fourth-order valence-electron chi connectivity index (χ4n) is 5.23. The molecule has 0 bridgehead atoms. The Morgan fingerprint density at radius 2 is 1.81 bits per heavy atom. The van der Waals surface area contributed by atoms with Crippen LogP contribution in [0.5, 0.6) is 0 Å². The van der Waals surface area contributed by atoms with Crippen molar-refractivity contribution in [3.63, 3.8) is 0 Å². The Morgan fingerprint density at radius 1 is 1.00 bits per heavy atom. The monoisotopic (exact) mass is 351 g/mol. The Morgan fingerprint density at radius 3 is 2.62 bits per heavy atom. The van der Waals surface area contributed by atoms with Crippen LogP contribution in [0.4, 0.5) is 0 Å². The van der Waals surface area contributed by atoms with Crippen LogP contribution in [0.15, 0.2) is 18.2 Å². The molecular formula is C22H29N3O. The average Bonchev–Trinajstić information content (AvgIpc) is 3.35. The van der Waals surface area contributed by atoms with E-state index in [9.17, 15) is 4.79 Å². The zero-order valence-corrected chi connectivity index (χ0v) is 15.6. The van der Waals surface area contributed by atoms with Crippen molar-refractivity contribution in [1.82, 2.24) is 14.8 Å². The van der Waals surface area contributed by atoms with Crippen molar-refractivity contribution in [2.75, 3.05) is 19.6 Å². The number of carbonyl (C=O) groups excluding carboxylic acids is 1. The number of nitrogens with zero attached hydrogens (tertiary/aromatic N) is 2. The normalized spacial score (nSPS) is 22.1. The molecule has 1 saturated heterocycles. The van der Waals surface area contributed by atoms with E-state index in [4.69, 9.17) is 0 Å². The van der Waals surface area contributed by atoms with Gasteiger partial charge >= 0.3 is 0 Å². The highest BCUT2D eigenvalue weighted by atomic mass is 16.2. The number of aromatic nitrogens is 1. The first kappa shape index (κ1) is 16.4. The Balaban J connectivity index is 1.45. The van der Waals surface area contributed by atoms with E-state index in [1.165, 1.54) is 60.8 Å². The molecule has 4 nitrogen and oxygen atoms in total. The van der Waals surface area contributed by atoms with Crippen LogP contribution in [0, 0.1) is 0 Å². The van der Waals surface area contributed by atoms with Crippen LogP contribution in [0.2, 0.25) is 0 Å². The van der Waals surface area contributed by atoms with E-state index in [0.717, 1.165) is 50.5 Å². The fourth-order valence-corrected chi connectivity index (χ4v) is 5.23. The lowest BCUT2D eigenvalue weighted by molar-refractivity contribution is 0.0724. The molecule has 3 aliphatic rings. The standard InChI is InChI=1S/C22H29N3O/c26-22(24-11-4-1-5-12-24)16-8-9-20-18(14-16)19-15-25(13-10-21(19)23-20)17-6-2-3-7-17/h8-9,14,17,23H,1-7,10-13,15H2. The summed E-state index contributed by atoms with van der Waals surface area (Å²) < 4.78 is 0. The first-order valence-electron chi connectivity index (χ1n) is 10.5. The minimum absolute atomic E-state index is 0.213. The molecule has 0 unspecified atom stereocenters. The van der Waals surface area contributed by atoms with Crippen LogP contribution in [0.25, 0.3) is 10.9 Å². The maximum atomic E-state index is 12.9. The molecule has 0 spiro atoms. The molecular weight excluding hydrogens is 322 g/mol. The number of H-pyrrole nitrogens is 1. The number of rotatable bonds is 2. The molecule has 138 valence electrons. The molecule has 2 aromatic rings. The molecule has 1 N–H and O–H groups in total. The largest absolute Gasteiger partial charge is 0.358 e. The molecule has 3 heterocycles. The zero-order chi connectivity index (χ0) is 17.5. The average molecular weight is 351 g/mol. The van der Waals surface area contributed by atoms with Crippen molar-refractivity contribution >= 4 is 16.8 Å². The van der Waals surface area contributed by atoms with Gasteiger partial charge in [0, 0.05) is 60.8 Å². The van der Waals surface area contributed by atoms with Crippen molar-refractivity contribution < 1.29 is 4.79 Å². The topological polar surface area (TPSA) is 39.3 Å². The predicted octanol–water partition coefficient (Wildman–Crippen LogP) is 4.09. The highest BCUT2D eigenvalue weighted by Gasteiger charge is 2.28. The molecule has 0 radical (unpaired) electrons. The van der Waals surface area contributed by atoms with Crippen molar-refractivity contribution in [3.8, 4) is 0 Å². The quantitative estimate of drug-likeness (QED) is 0.885. The van der Waals surface area contributed by atoms with Crippen LogP contribution in [-0.4, -0.2) is 46.4 Å². The zero-order valence-electron chi connectivity index (χ0n) is 15.6. The number of amides is 1. The van der Waals surface area contributed by atoms with Crippen molar-refractivity contribution in [1.29, 1.82) is 0 Å². The predicted molar refractivity (Wildman–Crippen MR) is 104 cm³/mol. The van der Waals surface area contributed by atoms with Gasteiger partial charge in [-0.1, -0.05) is 12.8 Å². The summed E-state index contributed by atoms with van der Waals surface area (Å²) in [6, 6.07) is 7.05. The van der Waals surface area contributed by atoms with Gasteiger partial charge in [-0.2, -0.15) is 0 Å². The Bertz CT molecular complexity index is 812. The smallest absolute Gasteiger partial charge is 0.253 e. The second-order valence-corrected chi connectivity index (χ2v) is 8.35. The SMILES string of the molecule is O=C(c1ccc2[nH]c3c(c2c1)CN(C1CCCC1)CC3)N1CCCCC1. The molecule has 1 amide bonds. The molecule has 1 aliphatic carbocycles. The molecule has 0 atom stereocenters. The second-order valence-electron chi connectivity index (χ2n) is 8.35. The number of hydrogen-bond acceptors (Lipinski definition) is 2. The van der Waals surface area contributed by atoms with Gasteiger partial charge in [0.15, 0.2) is 0 Å². The molecule has 1 aromatic heterocycles. The third-order valence-electron chi connectivity index (χ3n) is 6.74. The summed E-state index contributed by atoms with van der Waals surface area (Å²) in [5.41, 5.74) is 4.88. The van der Waals surface area contributed by atoms with Gasteiger partial charge in [-0.25, -0.2) is 0 Å². The minimum Gasteiger partial charge on any atom is -0.358 e. The summed E-state index contributed by atoms with van der Waals surface area (Å²) in [5.74, 6) is 0.213. The maximum Gasteiger partial charge on any atom is 0.253 e. The number of carbonyl (C=O) groups is 1. The van der Waals surface area contributed by atoms with Crippen LogP contribution >= 0.6 is 0 Å². The lowest BCUT2D eigenvalue weighted by atomic mass is 10.0. The number of hydrogen-bond donors (Lipinski definition) is 1. The number of fused-ring (bicyclic) bond motifs is 3. The Labute approximate surface area is 155 Å². The summed E-state index contributed by atoms with van der Waals surface area (Å²) in [4.78, 5) is 21.3. The number of likely N-dealkylation sites (tertiary alicyclic amines) is 1. The molecule has 26 heavy (non-hydrogen) atoms. The number of piperidine rings is 1. The van der Waals surface area contributed by atoms with Gasteiger partial charge in [0.05, 0.1) is 0 Å². The van der Waals surface area contributed by atoms with Gasteiger partial charge in [-0.15, -0.1) is 0 Å². The first-order valence-corrected chi connectivity index (χ1v) is 10.5. The molecule has 1 aromatic carbocycles.